The van der Waals surface area contributed by atoms with Crippen LogP contribution < -0.4 is 4.74 Å². The van der Waals surface area contributed by atoms with Crippen molar-refractivity contribution in [2.45, 2.75) is 26.7 Å². The van der Waals surface area contributed by atoms with Crippen LogP contribution in [0.2, 0.25) is 0 Å². The quantitative estimate of drug-likeness (QED) is 0.601. The Morgan fingerprint density at radius 3 is 2.61 bits per heavy atom. The zero-order valence-electron chi connectivity index (χ0n) is 13.6. The van der Waals surface area contributed by atoms with Gasteiger partial charge in [-0.15, -0.1) is 0 Å². The minimum absolute atomic E-state index is 0.0105. The molecule has 0 aliphatic heterocycles. The number of aryl methyl sites for hydroxylation is 1. The third kappa shape index (κ3) is 3.59. The molecular formula is C17H19NO5. The number of aromatic nitrogens is 1. The van der Waals surface area contributed by atoms with Gasteiger partial charge in [0, 0.05) is 5.92 Å². The number of para-hydroxylation sites is 1. The molecule has 0 aliphatic carbocycles. The van der Waals surface area contributed by atoms with Crippen molar-refractivity contribution in [1.29, 1.82) is 0 Å². The highest BCUT2D eigenvalue weighted by Gasteiger charge is 2.25. The zero-order chi connectivity index (χ0) is 17.0. The Morgan fingerprint density at radius 1 is 1.26 bits per heavy atom. The molecular weight excluding hydrogens is 298 g/mol. The van der Waals surface area contributed by atoms with E-state index in [-0.39, 0.29) is 23.9 Å². The van der Waals surface area contributed by atoms with Crippen molar-refractivity contribution in [3.05, 3.63) is 46.8 Å². The van der Waals surface area contributed by atoms with Gasteiger partial charge in [-0.3, -0.25) is 4.79 Å². The van der Waals surface area contributed by atoms with E-state index < -0.39 is 5.97 Å². The lowest BCUT2D eigenvalue weighted by molar-refractivity contribution is 0.0470. The summed E-state index contributed by atoms with van der Waals surface area (Å²) in [4.78, 5) is 24.4. The first-order valence-corrected chi connectivity index (χ1v) is 7.25. The summed E-state index contributed by atoms with van der Waals surface area (Å²) in [5.41, 5.74) is 1.10. The molecule has 1 heterocycles. The van der Waals surface area contributed by atoms with Crippen molar-refractivity contribution in [2.24, 2.45) is 0 Å². The molecule has 0 saturated carbocycles. The first-order chi connectivity index (χ1) is 11.0. The van der Waals surface area contributed by atoms with Crippen LogP contribution in [0.3, 0.4) is 0 Å². The van der Waals surface area contributed by atoms with Crippen molar-refractivity contribution in [3.8, 4) is 5.75 Å². The summed E-state index contributed by atoms with van der Waals surface area (Å²) >= 11 is 0. The van der Waals surface area contributed by atoms with Gasteiger partial charge in [0.25, 0.3) is 0 Å². The Labute approximate surface area is 134 Å². The molecule has 0 atom stereocenters. The summed E-state index contributed by atoms with van der Waals surface area (Å²) in [5, 5.41) is 3.79. The molecule has 0 amide bonds. The number of benzene rings is 1. The fraction of sp³-hybridized carbons (Fsp3) is 0.353. The molecule has 0 radical (unpaired) electrons. The van der Waals surface area contributed by atoms with Crippen LogP contribution in [0.1, 0.15) is 51.9 Å². The van der Waals surface area contributed by atoms with Gasteiger partial charge < -0.3 is 14.0 Å². The average Bonchev–Trinajstić information content (AvgIpc) is 2.94. The molecule has 0 aliphatic rings. The third-order valence-corrected chi connectivity index (χ3v) is 3.36. The molecule has 1 aromatic carbocycles. The second-order valence-corrected chi connectivity index (χ2v) is 5.36. The highest BCUT2D eigenvalue weighted by Crippen LogP contribution is 2.23. The summed E-state index contributed by atoms with van der Waals surface area (Å²) in [6.45, 7) is 5.06. The van der Waals surface area contributed by atoms with Crippen molar-refractivity contribution in [2.75, 3.05) is 13.7 Å². The summed E-state index contributed by atoms with van der Waals surface area (Å²) in [5.74, 6) is -0.0646. The Morgan fingerprint density at radius 2 is 1.96 bits per heavy atom. The van der Waals surface area contributed by atoms with Crippen LogP contribution in [0.5, 0.6) is 5.75 Å². The molecule has 1 aromatic heterocycles. The van der Waals surface area contributed by atoms with Gasteiger partial charge in [0.2, 0.25) is 5.78 Å². The van der Waals surface area contributed by atoms with E-state index >= 15 is 0 Å². The average molecular weight is 317 g/mol. The predicted molar refractivity (Wildman–Crippen MR) is 82.9 cm³/mol. The van der Waals surface area contributed by atoms with Crippen molar-refractivity contribution >= 4 is 11.8 Å². The molecule has 23 heavy (non-hydrogen) atoms. The molecule has 0 saturated heterocycles. The van der Waals surface area contributed by atoms with E-state index in [0.717, 1.165) is 0 Å². The zero-order valence-corrected chi connectivity index (χ0v) is 13.6. The Kier molecular flexibility index (Phi) is 5.16. The molecule has 0 N–H and O–H groups in total. The maximum absolute atomic E-state index is 12.2. The van der Waals surface area contributed by atoms with Gasteiger partial charge in [-0.2, -0.15) is 0 Å². The number of ether oxygens (including phenoxy) is 2. The lowest BCUT2D eigenvalue weighted by Gasteiger charge is -2.08. The van der Waals surface area contributed by atoms with E-state index in [1.165, 1.54) is 7.11 Å². The summed E-state index contributed by atoms with van der Waals surface area (Å²) in [7, 11) is 1.48. The van der Waals surface area contributed by atoms with Crippen LogP contribution in [0, 0.1) is 6.92 Å². The number of esters is 1. The number of methoxy groups -OCH3 is 1. The Hall–Kier alpha value is -2.63. The number of nitrogens with zero attached hydrogens (tertiary/aromatic N) is 1. The molecule has 0 bridgehead atoms. The number of rotatable bonds is 6. The molecule has 6 nitrogen and oxygen atoms in total. The Bertz CT molecular complexity index is 718. The van der Waals surface area contributed by atoms with Crippen LogP contribution in [0.25, 0.3) is 0 Å². The number of Topliss-reactive ketones (excluding diaryl/α,β-unsaturated/α-hetero) is 1. The topological polar surface area (TPSA) is 78.6 Å². The van der Waals surface area contributed by atoms with Crippen molar-refractivity contribution in [3.63, 3.8) is 0 Å². The van der Waals surface area contributed by atoms with Crippen LogP contribution in [-0.4, -0.2) is 30.6 Å². The lowest BCUT2D eigenvalue weighted by Crippen LogP contribution is -2.16. The highest BCUT2D eigenvalue weighted by atomic mass is 16.5. The highest BCUT2D eigenvalue weighted by molar-refractivity contribution is 6.01. The SMILES string of the molecule is COc1ccccc1C(=O)COC(=O)c1c(C)noc1C(C)C. The van der Waals surface area contributed by atoms with Gasteiger partial charge in [-0.05, 0) is 19.1 Å². The summed E-state index contributed by atoms with van der Waals surface area (Å²) in [6.07, 6.45) is 0. The van der Waals surface area contributed by atoms with E-state index in [1.54, 1.807) is 31.2 Å². The molecule has 0 fully saturated rings. The maximum atomic E-state index is 12.2. The monoisotopic (exact) mass is 317 g/mol. The van der Waals surface area contributed by atoms with Crippen molar-refractivity contribution in [1.82, 2.24) is 5.16 Å². The summed E-state index contributed by atoms with van der Waals surface area (Å²) < 4.78 is 15.4. The number of hydrogen-bond acceptors (Lipinski definition) is 6. The van der Waals surface area contributed by atoms with Gasteiger partial charge in [0.15, 0.2) is 12.4 Å². The fourth-order valence-electron chi connectivity index (χ4n) is 2.19. The van der Waals surface area contributed by atoms with Crippen molar-refractivity contribution < 1.29 is 23.6 Å². The smallest absolute Gasteiger partial charge is 0.344 e. The normalized spacial score (nSPS) is 10.7. The van der Waals surface area contributed by atoms with Crippen LogP contribution in [0.4, 0.5) is 0 Å². The van der Waals surface area contributed by atoms with E-state index in [1.807, 2.05) is 13.8 Å². The van der Waals surface area contributed by atoms with Crippen LogP contribution in [-0.2, 0) is 4.74 Å². The van der Waals surface area contributed by atoms with E-state index in [0.29, 0.717) is 22.8 Å². The molecule has 2 rings (SSSR count). The minimum Gasteiger partial charge on any atom is -0.496 e. The first kappa shape index (κ1) is 16.7. The van der Waals surface area contributed by atoms with E-state index in [4.69, 9.17) is 14.0 Å². The molecule has 2 aromatic rings. The molecule has 0 unspecified atom stereocenters. The van der Waals surface area contributed by atoms with Gasteiger partial charge in [-0.25, -0.2) is 4.79 Å². The molecule has 0 spiro atoms. The number of carbonyl (C=O) groups excluding carboxylic acids is 2. The largest absolute Gasteiger partial charge is 0.496 e. The third-order valence-electron chi connectivity index (χ3n) is 3.36. The summed E-state index contributed by atoms with van der Waals surface area (Å²) in [6, 6.07) is 6.78. The second kappa shape index (κ2) is 7.09. The van der Waals surface area contributed by atoms with E-state index in [2.05, 4.69) is 5.16 Å². The number of ketones is 1. The van der Waals surface area contributed by atoms with E-state index in [9.17, 15) is 9.59 Å². The van der Waals surface area contributed by atoms with Gasteiger partial charge in [-0.1, -0.05) is 31.1 Å². The number of hydrogen-bond donors (Lipinski definition) is 0. The fourth-order valence-corrected chi connectivity index (χ4v) is 2.19. The standard InChI is InChI=1S/C17H19NO5/c1-10(2)16-15(11(3)18-23-16)17(20)22-9-13(19)12-7-5-6-8-14(12)21-4/h5-8,10H,9H2,1-4H3. The predicted octanol–water partition coefficient (Wildman–Crippen LogP) is 3.15. The maximum Gasteiger partial charge on any atom is 0.344 e. The number of carbonyl (C=O) groups is 2. The van der Waals surface area contributed by atoms with Gasteiger partial charge in [0.1, 0.15) is 11.3 Å². The van der Waals surface area contributed by atoms with Crippen LogP contribution in [0.15, 0.2) is 28.8 Å². The lowest BCUT2D eigenvalue weighted by atomic mass is 10.1. The van der Waals surface area contributed by atoms with Gasteiger partial charge >= 0.3 is 5.97 Å². The van der Waals surface area contributed by atoms with Crippen LogP contribution >= 0.6 is 0 Å². The molecule has 122 valence electrons. The second-order valence-electron chi connectivity index (χ2n) is 5.36. The minimum atomic E-state index is -0.615. The van der Waals surface area contributed by atoms with Gasteiger partial charge in [0.05, 0.1) is 18.4 Å². The first-order valence-electron chi connectivity index (χ1n) is 7.25. The molecule has 6 heteroatoms. The Balaban J connectivity index is 2.11.